The topological polar surface area (TPSA) is 208 Å². The molecule has 0 aromatic carbocycles. The molecule has 0 saturated carbocycles. The summed E-state index contributed by atoms with van der Waals surface area (Å²) < 4.78 is 9.26. The van der Waals surface area contributed by atoms with Crippen LogP contribution in [0.3, 0.4) is 0 Å². The van der Waals surface area contributed by atoms with Gasteiger partial charge in [0.1, 0.15) is 0 Å². The third-order valence-electron chi connectivity index (χ3n) is 1.86. The normalized spacial score (nSPS) is 11.3. The van der Waals surface area contributed by atoms with Crippen LogP contribution in [0.25, 0.3) is 0 Å². The molecule has 6 N–H and O–H groups in total. The Morgan fingerprint density at radius 2 is 0.900 bits per heavy atom. The number of aliphatic hydroxyl groups excluding tert-OH is 4. The highest BCUT2D eigenvalue weighted by Crippen LogP contribution is 2.03. The minimum absolute atomic E-state index is 0.0833. The number of ether oxygens (including phenoxy) is 2. The fourth-order valence-electron chi connectivity index (χ4n) is 0.862. The van der Waals surface area contributed by atoms with Gasteiger partial charge in [-0.05, 0) is 27.7 Å². The number of aliphatic carboxylic acids is 2. The van der Waals surface area contributed by atoms with Crippen molar-refractivity contribution in [2.45, 2.75) is 52.1 Å². The van der Waals surface area contributed by atoms with Gasteiger partial charge in [-0.1, -0.05) is 0 Å². The predicted molar refractivity (Wildman–Crippen MR) is 112 cm³/mol. The van der Waals surface area contributed by atoms with Gasteiger partial charge in [-0.3, -0.25) is 9.59 Å². The molecule has 0 amide bonds. The number of esters is 2. The molecule has 0 radical (unpaired) electrons. The van der Waals surface area contributed by atoms with Crippen LogP contribution in [0.15, 0.2) is 0 Å². The van der Waals surface area contributed by atoms with Crippen molar-refractivity contribution in [3.8, 4) is 0 Å². The average Bonchev–Trinajstić information content (AvgIpc) is 2.66. The second-order valence-electron chi connectivity index (χ2n) is 5.41. The summed E-state index contributed by atoms with van der Waals surface area (Å²) in [5, 5.41) is 49.1. The molecular formula is C16H32O12S2. The standard InChI is InChI=1S/C10H18O6.2C2H4O2S.C2H6O2/c1-5(2)15-9(13)7(11)8(12)10(14)16-6(3)4;2*3-2(4)1-5;3-1-2-4/h5-8,11-12H,1-4H3;2*5H,1H2,(H,3,4);3-4H,1-2H2. The minimum atomic E-state index is -1.92. The number of carbonyl (C=O) groups is 4. The summed E-state index contributed by atoms with van der Waals surface area (Å²) in [6.45, 7) is 6.10. The summed E-state index contributed by atoms with van der Waals surface area (Å²) in [4.78, 5) is 40.9. The number of aliphatic hydroxyl groups is 4. The largest absolute Gasteiger partial charge is 0.481 e. The van der Waals surface area contributed by atoms with Gasteiger partial charge in [-0.2, -0.15) is 25.3 Å². The van der Waals surface area contributed by atoms with Gasteiger partial charge in [0.05, 0.1) is 36.9 Å². The molecule has 0 saturated heterocycles. The Morgan fingerprint density at radius 3 is 1.00 bits per heavy atom. The lowest BCUT2D eigenvalue weighted by Gasteiger charge is -2.18. The zero-order valence-corrected chi connectivity index (χ0v) is 19.0. The fraction of sp³-hybridized carbons (Fsp3) is 0.750. The van der Waals surface area contributed by atoms with Crippen molar-refractivity contribution in [3.63, 3.8) is 0 Å². The van der Waals surface area contributed by atoms with Crippen molar-refractivity contribution in [1.82, 2.24) is 0 Å². The van der Waals surface area contributed by atoms with Crippen LogP contribution >= 0.6 is 25.3 Å². The van der Waals surface area contributed by atoms with Crippen LogP contribution in [0.1, 0.15) is 27.7 Å². The van der Waals surface area contributed by atoms with Gasteiger partial charge >= 0.3 is 23.9 Å². The number of carbonyl (C=O) groups excluding carboxylic acids is 2. The third-order valence-corrected chi connectivity index (χ3v) is 2.40. The Morgan fingerprint density at radius 1 is 0.700 bits per heavy atom. The number of carboxylic acids is 2. The van der Waals surface area contributed by atoms with Crippen molar-refractivity contribution in [3.05, 3.63) is 0 Å². The second-order valence-corrected chi connectivity index (χ2v) is 6.04. The third kappa shape index (κ3) is 31.1. The van der Waals surface area contributed by atoms with Crippen LogP contribution in [-0.4, -0.2) is 104 Å². The maximum Gasteiger partial charge on any atom is 0.338 e. The first-order chi connectivity index (χ1) is 13.7. The van der Waals surface area contributed by atoms with Crippen molar-refractivity contribution in [2.75, 3.05) is 24.7 Å². The Hall–Kier alpha value is -1.58. The molecule has 0 aliphatic heterocycles. The molecule has 2 atom stereocenters. The van der Waals surface area contributed by atoms with Gasteiger partial charge in [0.25, 0.3) is 0 Å². The van der Waals surface area contributed by atoms with Crippen LogP contribution in [0.4, 0.5) is 0 Å². The number of thiol groups is 2. The lowest BCUT2D eigenvalue weighted by atomic mass is 10.2. The van der Waals surface area contributed by atoms with Gasteiger partial charge in [0, 0.05) is 0 Å². The van der Waals surface area contributed by atoms with E-state index >= 15 is 0 Å². The lowest BCUT2D eigenvalue weighted by Crippen LogP contribution is -2.43. The quantitative estimate of drug-likeness (QED) is 0.149. The fourth-order valence-corrected chi connectivity index (χ4v) is 0.862. The SMILES string of the molecule is CC(C)OC(=O)C(O)C(O)C(=O)OC(C)C.O=C(O)CS.O=C(O)CS.OCCO. The van der Waals surface area contributed by atoms with E-state index in [0.29, 0.717) is 0 Å². The molecule has 0 bridgehead atoms. The number of hydrogen-bond donors (Lipinski definition) is 8. The first-order valence-electron chi connectivity index (χ1n) is 8.35. The first-order valence-corrected chi connectivity index (χ1v) is 9.62. The molecule has 0 heterocycles. The molecule has 0 aromatic rings. The van der Waals surface area contributed by atoms with E-state index < -0.39 is 48.3 Å². The van der Waals surface area contributed by atoms with Gasteiger partial charge in [0.2, 0.25) is 0 Å². The number of carboxylic acid groups (broad SMARTS) is 2. The van der Waals surface area contributed by atoms with Gasteiger partial charge in [-0.25, -0.2) is 9.59 Å². The average molecular weight is 481 g/mol. The molecular weight excluding hydrogens is 448 g/mol. The zero-order chi connectivity index (χ0) is 24.9. The zero-order valence-electron chi connectivity index (χ0n) is 17.2. The Labute approximate surface area is 185 Å². The molecule has 12 nitrogen and oxygen atoms in total. The molecule has 0 fully saturated rings. The number of hydrogen-bond acceptors (Lipinski definition) is 12. The molecule has 30 heavy (non-hydrogen) atoms. The van der Waals surface area contributed by atoms with Crippen molar-refractivity contribution in [1.29, 1.82) is 0 Å². The van der Waals surface area contributed by atoms with Gasteiger partial charge < -0.3 is 40.1 Å². The Bertz CT molecular complexity index is 429. The monoisotopic (exact) mass is 480 g/mol. The maximum atomic E-state index is 11.1. The van der Waals surface area contributed by atoms with E-state index in [-0.39, 0.29) is 24.7 Å². The van der Waals surface area contributed by atoms with E-state index in [0.717, 1.165) is 0 Å². The van der Waals surface area contributed by atoms with E-state index in [9.17, 15) is 29.4 Å². The summed E-state index contributed by atoms with van der Waals surface area (Å²) in [5.41, 5.74) is 0. The highest BCUT2D eigenvalue weighted by atomic mass is 32.1. The molecule has 0 aromatic heterocycles. The first kappa shape index (κ1) is 35.8. The maximum absolute atomic E-state index is 11.1. The minimum Gasteiger partial charge on any atom is -0.481 e. The molecule has 0 aliphatic carbocycles. The molecule has 0 spiro atoms. The van der Waals surface area contributed by atoms with Crippen LogP contribution in [-0.2, 0) is 28.7 Å². The van der Waals surface area contributed by atoms with E-state index in [1.807, 2.05) is 0 Å². The summed E-state index contributed by atoms with van der Waals surface area (Å²) in [6, 6.07) is 0. The van der Waals surface area contributed by atoms with E-state index in [2.05, 4.69) is 34.7 Å². The highest BCUT2D eigenvalue weighted by Gasteiger charge is 2.33. The van der Waals surface area contributed by atoms with Crippen LogP contribution in [0.5, 0.6) is 0 Å². The van der Waals surface area contributed by atoms with Crippen LogP contribution in [0, 0.1) is 0 Å². The summed E-state index contributed by atoms with van der Waals surface area (Å²) in [5.74, 6) is -4.03. The molecule has 0 rings (SSSR count). The van der Waals surface area contributed by atoms with E-state index in [1.54, 1.807) is 27.7 Å². The lowest BCUT2D eigenvalue weighted by molar-refractivity contribution is -0.177. The van der Waals surface area contributed by atoms with Crippen molar-refractivity contribution >= 4 is 49.1 Å². The highest BCUT2D eigenvalue weighted by molar-refractivity contribution is 7.81. The smallest absolute Gasteiger partial charge is 0.338 e. The predicted octanol–water partition coefficient (Wildman–Crippen LogP) is -1.42. The summed E-state index contributed by atoms with van der Waals surface area (Å²) >= 11 is 6.83. The Balaban J connectivity index is -0.000000196. The Kier molecular flexibility index (Phi) is 28.3. The van der Waals surface area contributed by atoms with E-state index in [1.165, 1.54) is 0 Å². The summed E-state index contributed by atoms with van der Waals surface area (Å²) in [7, 11) is 0. The molecule has 180 valence electrons. The number of rotatable bonds is 8. The van der Waals surface area contributed by atoms with Gasteiger partial charge in [-0.15, -0.1) is 0 Å². The second kappa shape index (κ2) is 23.7. The summed E-state index contributed by atoms with van der Waals surface area (Å²) in [6.07, 6.45) is -4.71. The van der Waals surface area contributed by atoms with Crippen molar-refractivity contribution in [2.24, 2.45) is 0 Å². The van der Waals surface area contributed by atoms with Crippen molar-refractivity contribution < 1.29 is 59.3 Å². The van der Waals surface area contributed by atoms with Crippen LogP contribution in [0.2, 0.25) is 0 Å². The molecule has 2 unspecified atom stereocenters. The van der Waals surface area contributed by atoms with Crippen LogP contribution < -0.4 is 0 Å². The van der Waals surface area contributed by atoms with Gasteiger partial charge in [0.15, 0.2) is 12.2 Å². The van der Waals surface area contributed by atoms with E-state index in [4.69, 9.17) is 20.4 Å². The molecule has 0 aliphatic rings. The molecule has 14 heteroatoms.